The van der Waals surface area contributed by atoms with Gasteiger partial charge in [0.15, 0.2) is 11.6 Å². The van der Waals surface area contributed by atoms with E-state index in [1.165, 1.54) is 14.2 Å². The number of aryl methyl sites for hydroxylation is 1. The molecule has 0 saturated carbocycles. The molecule has 6 aromatic rings. The summed E-state index contributed by atoms with van der Waals surface area (Å²) in [5, 5.41) is 20.6. The van der Waals surface area contributed by atoms with Crippen LogP contribution in [0.25, 0.3) is 32.7 Å². The minimum atomic E-state index is -0.439. The first-order chi connectivity index (χ1) is 19.9. The zero-order valence-electron chi connectivity index (χ0n) is 22.1. The molecule has 0 fully saturated rings. The number of nitriles is 2. The Labute approximate surface area is 239 Å². The molecular formula is C31H21ClFN5O3. The molecule has 10 heteroatoms. The van der Waals surface area contributed by atoms with Crippen LogP contribution in [0.4, 0.5) is 4.39 Å². The summed E-state index contributed by atoms with van der Waals surface area (Å²) in [6, 6.07) is 19.2. The van der Waals surface area contributed by atoms with Crippen LogP contribution in [0.3, 0.4) is 0 Å². The SMILES string of the molecule is COc1cc2nccc(Cl)c2cc1C#N.COc1cc2nccc(Oc3ccc4[nH]c(C)cc4c3F)c2cc1C#N. The second kappa shape index (κ2) is 11.4. The summed E-state index contributed by atoms with van der Waals surface area (Å²) in [5.41, 5.74) is 3.71. The second-order valence-corrected chi connectivity index (χ2v) is 9.27. The van der Waals surface area contributed by atoms with E-state index in [1.807, 2.05) is 6.92 Å². The third-order valence-corrected chi connectivity index (χ3v) is 6.66. The van der Waals surface area contributed by atoms with Crippen LogP contribution in [-0.4, -0.2) is 29.2 Å². The molecule has 0 spiro atoms. The molecule has 0 saturated heterocycles. The van der Waals surface area contributed by atoms with E-state index in [2.05, 4.69) is 27.1 Å². The van der Waals surface area contributed by atoms with Crippen LogP contribution in [0.1, 0.15) is 16.8 Å². The monoisotopic (exact) mass is 565 g/mol. The average Bonchev–Trinajstić information content (AvgIpc) is 3.39. The highest BCUT2D eigenvalue weighted by Gasteiger charge is 2.15. The smallest absolute Gasteiger partial charge is 0.175 e. The minimum absolute atomic E-state index is 0.110. The van der Waals surface area contributed by atoms with E-state index in [1.54, 1.807) is 67.0 Å². The zero-order chi connectivity index (χ0) is 29.1. The normalized spacial score (nSPS) is 10.5. The van der Waals surface area contributed by atoms with Gasteiger partial charge in [0, 0.05) is 51.9 Å². The molecule has 3 aromatic heterocycles. The Morgan fingerprint density at radius 3 is 2.00 bits per heavy atom. The van der Waals surface area contributed by atoms with Crippen LogP contribution in [0.5, 0.6) is 23.0 Å². The van der Waals surface area contributed by atoms with Gasteiger partial charge in [-0.3, -0.25) is 9.97 Å². The van der Waals surface area contributed by atoms with E-state index in [9.17, 15) is 9.65 Å². The molecule has 0 atom stereocenters. The molecule has 202 valence electrons. The number of methoxy groups -OCH3 is 2. The predicted molar refractivity (Wildman–Crippen MR) is 154 cm³/mol. The molecule has 3 aromatic carbocycles. The number of aromatic amines is 1. The summed E-state index contributed by atoms with van der Waals surface area (Å²) in [6.07, 6.45) is 3.19. The molecular weight excluding hydrogens is 545 g/mol. The third kappa shape index (κ3) is 5.27. The van der Waals surface area contributed by atoms with Crippen LogP contribution in [0.15, 0.2) is 67.0 Å². The molecule has 6 rings (SSSR count). The van der Waals surface area contributed by atoms with Gasteiger partial charge in [-0.15, -0.1) is 0 Å². The molecule has 8 nitrogen and oxygen atoms in total. The number of hydrogen-bond donors (Lipinski definition) is 1. The lowest BCUT2D eigenvalue weighted by atomic mass is 10.1. The number of fused-ring (bicyclic) bond motifs is 3. The Morgan fingerprint density at radius 2 is 1.37 bits per heavy atom. The predicted octanol–water partition coefficient (Wildman–Crippen LogP) is 7.60. The van der Waals surface area contributed by atoms with Crippen molar-refractivity contribution in [1.82, 2.24) is 15.0 Å². The molecule has 0 aliphatic carbocycles. The molecule has 0 aliphatic heterocycles. The van der Waals surface area contributed by atoms with Gasteiger partial charge < -0.3 is 19.2 Å². The van der Waals surface area contributed by atoms with E-state index in [0.29, 0.717) is 55.2 Å². The highest BCUT2D eigenvalue weighted by molar-refractivity contribution is 6.35. The van der Waals surface area contributed by atoms with Gasteiger partial charge in [-0.05, 0) is 49.4 Å². The first-order valence-electron chi connectivity index (χ1n) is 12.2. The van der Waals surface area contributed by atoms with Gasteiger partial charge in [-0.2, -0.15) is 10.5 Å². The maximum absolute atomic E-state index is 14.8. The van der Waals surface area contributed by atoms with Crippen LogP contribution in [0, 0.1) is 35.4 Å². The fraction of sp³-hybridized carbons (Fsp3) is 0.0968. The van der Waals surface area contributed by atoms with Crippen LogP contribution in [-0.2, 0) is 0 Å². The Hall–Kier alpha value is -5.38. The zero-order valence-corrected chi connectivity index (χ0v) is 22.9. The number of halogens is 2. The highest BCUT2D eigenvalue weighted by atomic mass is 35.5. The van der Waals surface area contributed by atoms with Gasteiger partial charge in [-0.25, -0.2) is 4.39 Å². The fourth-order valence-electron chi connectivity index (χ4n) is 4.38. The van der Waals surface area contributed by atoms with Crippen molar-refractivity contribution in [2.75, 3.05) is 14.2 Å². The van der Waals surface area contributed by atoms with E-state index >= 15 is 0 Å². The molecule has 0 radical (unpaired) electrons. The van der Waals surface area contributed by atoms with Crippen molar-refractivity contribution in [3.63, 3.8) is 0 Å². The summed E-state index contributed by atoms with van der Waals surface area (Å²) in [4.78, 5) is 11.5. The molecule has 0 bridgehead atoms. The maximum Gasteiger partial charge on any atom is 0.175 e. The lowest BCUT2D eigenvalue weighted by Gasteiger charge is -2.11. The molecule has 0 amide bonds. The lowest BCUT2D eigenvalue weighted by Crippen LogP contribution is -1.93. The first-order valence-corrected chi connectivity index (χ1v) is 12.6. The van der Waals surface area contributed by atoms with Gasteiger partial charge in [0.1, 0.15) is 29.4 Å². The van der Waals surface area contributed by atoms with Gasteiger partial charge in [0.25, 0.3) is 0 Å². The second-order valence-electron chi connectivity index (χ2n) is 8.86. The number of nitrogens with zero attached hydrogens (tertiary/aromatic N) is 4. The summed E-state index contributed by atoms with van der Waals surface area (Å²) in [6.45, 7) is 1.87. The van der Waals surface area contributed by atoms with Gasteiger partial charge in [0.05, 0.1) is 41.4 Å². The van der Waals surface area contributed by atoms with Gasteiger partial charge >= 0.3 is 0 Å². The van der Waals surface area contributed by atoms with Crippen molar-refractivity contribution >= 4 is 44.3 Å². The number of nitrogens with one attached hydrogen (secondary N) is 1. The van der Waals surface area contributed by atoms with Crippen molar-refractivity contribution in [3.05, 3.63) is 94.7 Å². The van der Waals surface area contributed by atoms with Crippen molar-refractivity contribution < 1.29 is 18.6 Å². The van der Waals surface area contributed by atoms with Crippen LogP contribution in [0.2, 0.25) is 5.02 Å². The van der Waals surface area contributed by atoms with E-state index < -0.39 is 5.82 Å². The number of ether oxygens (including phenoxy) is 3. The Kier molecular flexibility index (Phi) is 7.55. The number of aromatic nitrogens is 3. The number of benzene rings is 3. The molecule has 41 heavy (non-hydrogen) atoms. The lowest BCUT2D eigenvalue weighted by molar-refractivity contribution is 0.414. The number of H-pyrrole nitrogens is 1. The average molecular weight is 566 g/mol. The summed E-state index contributed by atoms with van der Waals surface area (Å²) in [5.74, 6) is 1.03. The van der Waals surface area contributed by atoms with E-state index in [-0.39, 0.29) is 5.75 Å². The highest BCUT2D eigenvalue weighted by Crippen LogP contribution is 2.35. The van der Waals surface area contributed by atoms with Crippen molar-refractivity contribution in [1.29, 1.82) is 10.5 Å². The largest absolute Gasteiger partial charge is 0.495 e. The molecule has 3 heterocycles. The standard InChI is InChI=1S/C20H14FN3O2.C11H7ClN2O/c1-11-7-14-15(24-11)3-4-18(20(14)21)26-17-5-6-23-16-9-19(25-2)12(10-22)8-13(16)17;1-15-11-5-10-8(4-7(11)6-13)9(12)2-3-14-10/h3-9,24H,1-2H3;2-5H,1H3. The van der Waals surface area contributed by atoms with E-state index in [4.69, 9.17) is 31.1 Å². The number of hydrogen-bond acceptors (Lipinski definition) is 7. The van der Waals surface area contributed by atoms with Gasteiger partial charge in [-0.1, -0.05) is 11.6 Å². The fourth-order valence-corrected chi connectivity index (χ4v) is 4.58. The topological polar surface area (TPSA) is 117 Å². The number of rotatable bonds is 4. The quantitative estimate of drug-likeness (QED) is 0.234. The Bertz CT molecular complexity index is 2030. The van der Waals surface area contributed by atoms with Crippen LogP contribution >= 0.6 is 11.6 Å². The van der Waals surface area contributed by atoms with Crippen molar-refractivity contribution in [2.24, 2.45) is 0 Å². The molecule has 0 unspecified atom stereocenters. The van der Waals surface area contributed by atoms with Crippen molar-refractivity contribution in [3.8, 4) is 35.1 Å². The summed E-state index contributed by atoms with van der Waals surface area (Å²) >= 11 is 5.99. The summed E-state index contributed by atoms with van der Waals surface area (Å²) in [7, 11) is 3.01. The minimum Gasteiger partial charge on any atom is -0.495 e. The molecule has 0 aliphatic rings. The Balaban J connectivity index is 0.000000191. The van der Waals surface area contributed by atoms with Crippen molar-refractivity contribution in [2.45, 2.75) is 6.92 Å². The third-order valence-electron chi connectivity index (χ3n) is 6.33. The van der Waals surface area contributed by atoms with Crippen LogP contribution < -0.4 is 14.2 Å². The first kappa shape index (κ1) is 27.2. The molecule has 1 N–H and O–H groups in total. The summed E-state index contributed by atoms with van der Waals surface area (Å²) < 4.78 is 30.9. The Morgan fingerprint density at radius 1 is 0.756 bits per heavy atom. The van der Waals surface area contributed by atoms with Gasteiger partial charge in [0.2, 0.25) is 0 Å². The number of pyridine rings is 2. The van der Waals surface area contributed by atoms with E-state index in [0.717, 1.165) is 16.6 Å². The maximum atomic E-state index is 14.8.